The van der Waals surface area contributed by atoms with Gasteiger partial charge in [0.2, 0.25) is 11.9 Å². The van der Waals surface area contributed by atoms with Crippen LogP contribution in [0.1, 0.15) is 37.7 Å². The number of halogens is 1. The van der Waals surface area contributed by atoms with E-state index in [1.54, 1.807) is 7.11 Å². The second-order valence-electron chi connectivity index (χ2n) is 10.6. The first-order valence-electron chi connectivity index (χ1n) is 14.1. The van der Waals surface area contributed by atoms with Gasteiger partial charge in [-0.1, -0.05) is 27.2 Å². The first kappa shape index (κ1) is 31.4. The first-order valence-corrected chi connectivity index (χ1v) is 14.4. The van der Waals surface area contributed by atoms with E-state index in [0.29, 0.717) is 57.6 Å². The average Bonchev–Trinajstić information content (AvgIpc) is 3.63. The molecule has 45 heavy (non-hydrogen) atoms. The van der Waals surface area contributed by atoms with Crippen LogP contribution in [-0.4, -0.2) is 83.9 Å². The molecule has 2 fully saturated rings. The average molecular weight is 644 g/mol. The lowest BCUT2D eigenvalue weighted by atomic mass is 9.88. The van der Waals surface area contributed by atoms with Crippen LogP contribution in [0.25, 0.3) is 0 Å². The lowest BCUT2D eigenvalue weighted by Crippen LogP contribution is -2.54. The number of amides is 2. The van der Waals surface area contributed by atoms with E-state index < -0.39 is 17.6 Å². The van der Waals surface area contributed by atoms with E-state index in [4.69, 9.17) is 38.7 Å². The molecule has 20 heteroatoms. The highest BCUT2D eigenvalue weighted by Gasteiger charge is 2.44. The summed E-state index contributed by atoms with van der Waals surface area (Å²) < 4.78 is 5.19. The summed E-state index contributed by atoms with van der Waals surface area (Å²) in [6, 6.07) is 7.50. The van der Waals surface area contributed by atoms with Gasteiger partial charge in [-0.15, -0.1) is 10.2 Å². The molecule has 4 aliphatic heterocycles. The third-order valence-electron chi connectivity index (χ3n) is 7.70. The van der Waals surface area contributed by atoms with Crippen molar-refractivity contribution in [2.75, 3.05) is 26.7 Å². The van der Waals surface area contributed by atoms with E-state index in [1.807, 2.05) is 29.2 Å². The fourth-order valence-corrected chi connectivity index (χ4v) is 5.49. The molecule has 240 valence electrons. The molecule has 2 unspecified atom stereocenters. The molecule has 4 aliphatic rings. The third kappa shape index (κ3) is 7.20. The van der Waals surface area contributed by atoms with Crippen molar-refractivity contribution in [2.24, 2.45) is 53.3 Å². The summed E-state index contributed by atoms with van der Waals surface area (Å²) in [5.41, 5.74) is 0.242. The van der Waals surface area contributed by atoms with Gasteiger partial charge in [-0.2, -0.15) is 4.99 Å². The molecule has 2 amide bonds. The van der Waals surface area contributed by atoms with Crippen LogP contribution in [0, 0.1) is 0 Å². The van der Waals surface area contributed by atoms with Crippen molar-refractivity contribution in [1.82, 2.24) is 25.9 Å². The Balaban J connectivity index is 1.09. The largest absolute Gasteiger partial charge is 0.497 e. The van der Waals surface area contributed by atoms with Crippen LogP contribution in [0.2, 0.25) is 0 Å². The molecule has 0 aromatic heterocycles. The molecule has 19 nitrogen and oxygen atoms in total. The summed E-state index contributed by atoms with van der Waals surface area (Å²) >= 11 is 6.08. The van der Waals surface area contributed by atoms with Crippen LogP contribution >= 0.6 is 11.6 Å². The number of nitrogens with one attached hydrogen (secondary N) is 3. The highest BCUT2D eigenvalue weighted by molar-refractivity contribution is 6.44. The molecule has 0 bridgehead atoms. The topological polar surface area (TPSA) is 260 Å². The Morgan fingerprint density at radius 3 is 2.62 bits per heavy atom. The minimum absolute atomic E-state index is 0.0168. The van der Waals surface area contributed by atoms with Crippen molar-refractivity contribution in [3.8, 4) is 5.75 Å². The third-order valence-corrected chi connectivity index (χ3v) is 7.96. The first-order chi connectivity index (χ1) is 21.7. The van der Waals surface area contributed by atoms with Gasteiger partial charge in [0.25, 0.3) is 5.91 Å². The maximum absolute atomic E-state index is 13.1. The molecule has 0 radical (unpaired) electrons. The predicted molar refractivity (Wildman–Crippen MR) is 162 cm³/mol. The van der Waals surface area contributed by atoms with Gasteiger partial charge < -0.3 is 42.1 Å². The van der Waals surface area contributed by atoms with Gasteiger partial charge in [0.15, 0.2) is 34.9 Å². The zero-order chi connectivity index (χ0) is 32.0. The molecule has 0 aliphatic carbocycles. The Hall–Kier alpha value is -5.04. The summed E-state index contributed by atoms with van der Waals surface area (Å²) in [6.45, 7) is 1.44. The van der Waals surface area contributed by atoms with Crippen molar-refractivity contribution < 1.29 is 19.2 Å². The smallest absolute Gasteiger partial charge is 0.298 e. The Morgan fingerprint density at radius 1 is 1.18 bits per heavy atom. The Labute approximate surface area is 262 Å². The van der Waals surface area contributed by atoms with Crippen LogP contribution < -0.4 is 38.2 Å². The summed E-state index contributed by atoms with van der Waals surface area (Å²) in [7, 11) is 1.61. The molecule has 0 saturated carbocycles. The number of rotatable bonds is 9. The number of amidine groups is 1. The maximum Gasteiger partial charge on any atom is 0.298 e. The lowest BCUT2D eigenvalue weighted by Gasteiger charge is -2.38. The number of oxime groups is 1. The number of nitrogens with two attached hydrogens (primary N) is 3. The number of carbonyl (C=O) groups is 2. The van der Waals surface area contributed by atoms with Crippen molar-refractivity contribution in [1.29, 1.82) is 0 Å². The van der Waals surface area contributed by atoms with E-state index >= 15 is 0 Å². The fraction of sp³-hybridized carbons (Fsp3) is 0.480. The second-order valence-corrected chi connectivity index (χ2v) is 10.9. The summed E-state index contributed by atoms with van der Waals surface area (Å²) in [4.78, 5) is 41.5. The molecule has 2 saturated heterocycles. The number of hydrogen-bond acceptors (Lipinski definition) is 13. The quantitative estimate of drug-likeness (QED) is 0.0894. The van der Waals surface area contributed by atoms with E-state index in [-0.39, 0.29) is 34.8 Å². The van der Waals surface area contributed by atoms with Crippen molar-refractivity contribution >= 4 is 40.9 Å². The normalized spacial score (nSPS) is 23.6. The molecular weight excluding hydrogens is 610 g/mol. The van der Waals surface area contributed by atoms with Gasteiger partial charge in [0.1, 0.15) is 5.75 Å². The number of ether oxygens (including phenoxy) is 1. The number of carbonyl (C=O) groups excluding carboxylic acids is 2. The fourth-order valence-electron chi connectivity index (χ4n) is 5.31. The lowest BCUT2D eigenvalue weighted by molar-refractivity contribution is -0.133. The standard InChI is InChI=1S/C25H34ClN15O4/c1-44-15-7-5-14(6-8-15)20-30-16(45-37-20)3-2-4-17(42)40-11-9-25(10-12-40)13-41(29)24(34-25)33-23(43)18-21(35-38-27)32-22(36-39-28)19(26)31-18/h5-8,16,21,32H,2-4,9-13,29H2,1H3,(H2,27,35)(H2,28,36)(H,30,37)(H,33,34,43). The van der Waals surface area contributed by atoms with E-state index in [9.17, 15) is 9.59 Å². The number of benzene rings is 1. The van der Waals surface area contributed by atoms with Gasteiger partial charge in [0, 0.05) is 31.5 Å². The zero-order valence-corrected chi connectivity index (χ0v) is 25.1. The minimum Gasteiger partial charge on any atom is -0.497 e. The highest BCUT2D eigenvalue weighted by Crippen LogP contribution is 2.28. The van der Waals surface area contributed by atoms with E-state index in [2.05, 4.69) is 51.8 Å². The monoisotopic (exact) mass is 643 g/mol. The Bertz CT molecular complexity index is 1470. The number of hydrogen-bond donors (Lipinski definition) is 6. The molecule has 1 aromatic rings. The van der Waals surface area contributed by atoms with Crippen LogP contribution in [0.4, 0.5) is 0 Å². The Morgan fingerprint density at radius 2 is 1.93 bits per heavy atom. The van der Waals surface area contributed by atoms with E-state index in [1.165, 1.54) is 5.01 Å². The van der Waals surface area contributed by atoms with Crippen LogP contribution in [0.5, 0.6) is 5.75 Å². The molecule has 1 spiro atoms. The number of guanidine groups is 1. The number of piperidine rings is 1. The van der Waals surface area contributed by atoms with Crippen molar-refractivity contribution in [3.63, 3.8) is 0 Å². The Kier molecular flexibility index (Phi) is 9.57. The second kappa shape index (κ2) is 13.7. The minimum atomic E-state index is -1.12. The van der Waals surface area contributed by atoms with Crippen molar-refractivity contribution in [2.45, 2.75) is 50.0 Å². The number of aliphatic imine (C=N–C) groups is 2. The van der Waals surface area contributed by atoms with Gasteiger partial charge in [-0.05, 0) is 43.5 Å². The van der Waals surface area contributed by atoms with Crippen LogP contribution in [-0.2, 0) is 14.4 Å². The molecule has 1 aromatic carbocycles. The van der Waals surface area contributed by atoms with Crippen LogP contribution in [0.15, 0.2) is 71.1 Å². The maximum atomic E-state index is 13.1. The molecule has 9 N–H and O–H groups in total. The van der Waals surface area contributed by atoms with Gasteiger partial charge >= 0.3 is 0 Å². The highest BCUT2D eigenvalue weighted by atomic mass is 35.5. The number of nitrogens with zero attached hydrogens (tertiary/aromatic N) is 9. The summed E-state index contributed by atoms with van der Waals surface area (Å²) in [5, 5.41) is 28.2. The predicted octanol–water partition coefficient (Wildman–Crippen LogP) is -0.117. The van der Waals surface area contributed by atoms with E-state index in [0.717, 1.165) is 11.3 Å². The summed E-state index contributed by atoms with van der Waals surface area (Å²) in [5.74, 6) is 17.3. The SMILES string of the molecule is COc1ccc(C2=NOC(CCCC(=O)N3CCC4(CC3)CN(N)/C(=N\C(=O)C3=NC(Cl)=C(N=NN)NC3N=NN)N4)N2)cc1. The molecule has 2 atom stereocenters. The van der Waals surface area contributed by atoms with Crippen LogP contribution in [0.3, 0.4) is 0 Å². The van der Waals surface area contributed by atoms with Gasteiger partial charge in [0.05, 0.1) is 19.2 Å². The van der Waals surface area contributed by atoms with Crippen molar-refractivity contribution in [3.05, 3.63) is 40.8 Å². The molecular formula is C25H34ClN15O4. The molecule has 5 rings (SSSR count). The number of likely N-dealkylation sites (tertiary alicyclic amines) is 1. The van der Waals surface area contributed by atoms with Gasteiger partial charge in [-0.25, -0.2) is 10.8 Å². The number of methoxy groups -OCH3 is 1. The number of hydrazine groups is 1. The molecule has 4 heterocycles. The summed E-state index contributed by atoms with van der Waals surface area (Å²) in [6.07, 6.45) is 1.44. The zero-order valence-electron chi connectivity index (χ0n) is 24.4. The van der Waals surface area contributed by atoms with Gasteiger partial charge in [-0.3, -0.25) is 14.6 Å².